The van der Waals surface area contributed by atoms with Crippen molar-refractivity contribution in [3.05, 3.63) is 0 Å². The van der Waals surface area contributed by atoms with Gasteiger partial charge in [-0.05, 0) is 45.7 Å². The molecule has 1 aliphatic heterocycles. The summed E-state index contributed by atoms with van der Waals surface area (Å²) in [5.74, 6) is 0.554. The fourth-order valence-corrected chi connectivity index (χ4v) is 2.07. The molecule has 1 rings (SSSR count). The van der Waals surface area contributed by atoms with Crippen LogP contribution in [-0.2, 0) is 4.74 Å². The molecule has 0 saturated carbocycles. The minimum atomic E-state index is 0.441. The minimum Gasteiger partial charge on any atom is -0.377 e. The Labute approximate surface area is 94.0 Å². The smallest absolute Gasteiger partial charge is 0.0702 e. The van der Waals surface area contributed by atoms with Gasteiger partial charge in [-0.25, -0.2) is 0 Å². The van der Waals surface area contributed by atoms with Crippen molar-refractivity contribution in [1.82, 2.24) is 4.90 Å². The molecule has 1 saturated heterocycles. The van der Waals surface area contributed by atoms with E-state index >= 15 is 0 Å². The number of hydrogen-bond donors (Lipinski definition) is 1. The van der Waals surface area contributed by atoms with E-state index in [9.17, 15) is 0 Å². The average molecular weight is 214 g/mol. The summed E-state index contributed by atoms with van der Waals surface area (Å²) >= 11 is 0. The summed E-state index contributed by atoms with van der Waals surface area (Å²) in [6, 6.07) is 0.542. The predicted molar refractivity (Wildman–Crippen MR) is 63.9 cm³/mol. The van der Waals surface area contributed by atoms with Gasteiger partial charge >= 0.3 is 0 Å². The van der Waals surface area contributed by atoms with Crippen LogP contribution in [0.2, 0.25) is 0 Å². The van der Waals surface area contributed by atoms with Crippen LogP contribution in [0, 0.1) is 5.92 Å². The first kappa shape index (κ1) is 12.9. The van der Waals surface area contributed by atoms with Crippen LogP contribution < -0.4 is 5.73 Å². The van der Waals surface area contributed by atoms with Crippen LogP contribution in [-0.4, -0.2) is 43.8 Å². The molecule has 1 aliphatic rings. The van der Waals surface area contributed by atoms with E-state index in [1.807, 2.05) is 0 Å². The predicted octanol–water partition coefficient (Wildman–Crippen LogP) is 1.47. The lowest BCUT2D eigenvalue weighted by Gasteiger charge is -2.33. The van der Waals surface area contributed by atoms with Gasteiger partial charge in [-0.3, -0.25) is 0 Å². The zero-order valence-electron chi connectivity index (χ0n) is 10.4. The van der Waals surface area contributed by atoms with E-state index in [2.05, 4.69) is 25.8 Å². The van der Waals surface area contributed by atoms with Crippen molar-refractivity contribution in [1.29, 1.82) is 0 Å². The van der Waals surface area contributed by atoms with Gasteiger partial charge in [-0.1, -0.05) is 6.92 Å². The molecule has 3 nitrogen and oxygen atoms in total. The van der Waals surface area contributed by atoms with E-state index in [0.29, 0.717) is 18.1 Å². The SMILES string of the molecule is CC(CN)C(C)N(C)CC1CCCCO1. The molecule has 0 aliphatic carbocycles. The van der Waals surface area contributed by atoms with Crippen LogP contribution >= 0.6 is 0 Å². The summed E-state index contributed by atoms with van der Waals surface area (Å²) in [6.45, 7) is 7.21. The van der Waals surface area contributed by atoms with Gasteiger partial charge in [-0.15, -0.1) is 0 Å². The lowest BCUT2D eigenvalue weighted by Crippen LogP contribution is -2.42. The number of ether oxygens (including phenoxy) is 1. The molecule has 0 bridgehead atoms. The van der Waals surface area contributed by atoms with Gasteiger partial charge in [0, 0.05) is 19.2 Å². The van der Waals surface area contributed by atoms with Gasteiger partial charge in [0.25, 0.3) is 0 Å². The molecule has 3 heteroatoms. The number of likely N-dealkylation sites (N-methyl/N-ethyl adjacent to an activating group) is 1. The minimum absolute atomic E-state index is 0.441. The van der Waals surface area contributed by atoms with Crippen LogP contribution in [0.4, 0.5) is 0 Å². The monoisotopic (exact) mass is 214 g/mol. The molecule has 3 unspecified atom stereocenters. The molecule has 3 atom stereocenters. The van der Waals surface area contributed by atoms with E-state index in [-0.39, 0.29) is 0 Å². The van der Waals surface area contributed by atoms with Crippen LogP contribution in [0.25, 0.3) is 0 Å². The van der Waals surface area contributed by atoms with Gasteiger partial charge in [0.05, 0.1) is 6.10 Å². The second-order valence-electron chi connectivity index (χ2n) is 4.88. The first-order valence-electron chi connectivity index (χ1n) is 6.17. The average Bonchev–Trinajstić information content (AvgIpc) is 2.28. The first-order valence-corrected chi connectivity index (χ1v) is 6.17. The van der Waals surface area contributed by atoms with Crippen molar-refractivity contribution in [2.75, 3.05) is 26.7 Å². The Balaban J connectivity index is 2.29. The molecule has 90 valence electrons. The molecule has 0 radical (unpaired) electrons. The molecule has 0 aromatic rings. The Morgan fingerprint density at radius 3 is 2.67 bits per heavy atom. The number of nitrogens with zero attached hydrogens (tertiary/aromatic N) is 1. The highest BCUT2D eigenvalue weighted by molar-refractivity contribution is 4.75. The fraction of sp³-hybridized carbons (Fsp3) is 1.00. The van der Waals surface area contributed by atoms with Crippen molar-refractivity contribution in [2.45, 2.75) is 45.3 Å². The van der Waals surface area contributed by atoms with Crippen LogP contribution in [0.3, 0.4) is 0 Å². The van der Waals surface area contributed by atoms with Crippen molar-refractivity contribution in [2.24, 2.45) is 11.7 Å². The summed E-state index contributed by atoms with van der Waals surface area (Å²) in [5, 5.41) is 0. The van der Waals surface area contributed by atoms with Crippen molar-refractivity contribution >= 4 is 0 Å². The quantitative estimate of drug-likeness (QED) is 0.753. The molecule has 1 heterocycles. The molecule has 0 spiro atoms. The third-order valence-electron chi connectivity index (χ3n) is 3.66. The maximum absolute atomic E-state index is 5.74. The summed E-state index contributed by atoms with van der Waals surface area (Å²) in [7, 11) is 2.18. The van der Waals surface area contributed by atoms with Gasteiger partial charge in [-0.2, -0.15) is 0 Å². The van der Waals surface area contributed by atoms with Crippen molar-refractivity contribution < 1.29 is 4.74 Å². The van der Waals surface area contributed by atoms with E-state index in [1.165, 1.54) is 19.3 Å². The Hall–Kier alpha value is -0.120. The Morgan fingerprint density at radius 1 is 1.40 bits per heavy atom. The van der Waals surface area contributed by atoms with Crippen LogP contribution in [0.15, 0.2) is 0 Å². The summed E-state index contributed by atoms with van der Waals surface area (Å²) in [4.78, 5) is 2.38. The lowest BCUT2D eigenvalue weighted by atomic mass is 10.0. The molecule has 2 N–H and O–H groups in total. The Bertz CT molecular complexity index is 169. The molecule has 0 amide bonds. The number of rotatable bonds is 5. The summed E-state index contributed by atoms with van der Waals surface area (Å²) < 4.78 is 5.74. The largest absolute Gasteiger partial charge is 0.377 e. The van der Waals surface area contributed by atoms with Crippen molar-refractivity contribution in [3.63, 3.8) is 0 Å². The maximum Gasteiger partial charge on any atom is 0.0702 e. The Kier molecular flexibility index (Phi) is 5.58. The normalized spacial score (nSPS) is 26.6. The third-order valence-corrected chi connectivity index (χ3v) is 3.66. The van der Waals surface area contributed by atoms with E-state index in [0.717, 1.165) is 19.7 Å². The van der Waals surface area contributed by atoms with E-state index < -0.39 is 0 Å². The standard InChI is InChI=1S/C12H26N2O/c1-10(8-13)11(2)14(3)9-12-6-4-5-7-15-12/h10-12H,4-9,13H2,1-3H3. The molecule has 0 aromatic heterocycles. The van der Waals surface area contributed by atoms with E-state index in [1.54, 1.807) is 0 Å². The molecule has 15 heavy (non-hydrogen) atoms. The van der Waals surface area contributed by atoms with E-state index in [4.69, 9.17) is 10.5 Å². The van der Waals surface area contributed by atoms with Crippen LogP contribution in [0.5, 0.6) is 0 Å². The highest BCUT2D eigenvalue weighted by Crippen LogP contribution is 2.16. The highest BCUT2D eigenvalue weighted by atomic mass is 16.5. The van der Waals surface area contributed by atoms with Crippen LogP contribution in [0.1, 0.15) is 33.1 Å². The topological polar surface area (TPSA) is 38.5 Å². The van der Waals surface area contributed by atoms with Gasteiger partial charge in [0.2, 0.25) is 0 Å². The Morgan fingerprint density at radius 2 is 2.13 bits per heavy atom. The first-order chi connectivity index (χ1) is 7.15. The fourth-order valence-electron chi connectivity index (χ4n) is 2.07. The summed E-state index contributed by atoms with van der Waals surface area (Å²) in [5.41, 5.74) is 5.69. The van der Waals surface area contributed by atoms with Gasteiger partial charge in [0.15, 0.2) is 0 Å². The highest BCUT2D eigenvalue weighted by Gasteiger charge is 2.21. The molecule has 0 aromatic carbocycles. The summed E-state index contributed by atoms with van der Waals surface area (Å²) in [6.07, 6.45) is 4.21. The second-order valence-corrected chi connectivity index (χ2v) is 4.88. The number of nitrogens with two attached hydrogens (primary N) is 1. The maximum atomic E-state index is 5.74. The number of hydrogen-bond acceptors (Lipinski definition) is 3. The second kappa shape index (κ2) is 6.46. The molecule has 1 fully saturated rings. The van der Waals surface area contributed by atoms with Gasteiger partial charge in [0.1, 0.15) is 0 Å². The molecular formula is C12H26N2O. The van der Waals surface area contributed by atoms with Crippen molar-refractivity contribution in [3.8, 4) is 0 Å². The third kappa shape index (κ3) is 4.09. The lowest BCUT2D eigenvalue weighted by molar-refractivity contribution is -0.0104. The van der Waals surface area contributed by atoms with Gasteiger partial charge < -0.3 is 15.4 Å². The molecular weight excluding hydrogens is 188 g/mol. The zero-order chi connectivity index (χ0) is 11.3. The zero-order valence-corrected chi connectivity index (χ0v) is 10.4.